The van der Waals surface area contributed by atoms with Crippen molar-refractivity contribution in [2.45, 2.75) is 149 Å². The number of carboxylic acids is 5. The van der Waals surface area contributed by atoms with Crippen molar-refractivity contribution in [3.05, 3.63) is 0 Å². The van der Waals surface area contributed by atoms with Crippen LogP contribution < -0.4 is 37.2 Å². The van der Waals surface area contributed by atoms with E-state index in [-0.39, 0.29) is 6.42 Å². The molecular formula is C39H62F3N7O17. The Balaban J connectivity index is 0. The maximum Gasteiger partial charge on any atom is 0.490 e. The van der Waals surface area contributed by atoms with Crippen LogP contribution in [0.5, 0.6) is 0 Å². The second kappa shape index (κ2) is 29.1. The fourth-order valence-electron chi connectivity index (χ4n) is 5.52. The van der Waals surface area contributed by atoms with E-state index in [1.807, 2.05) is 0 Å². The van der Waals surface area contributed by atoms with Crippen molar-refractivity contribution in [2.75, 3.05) is 0 Å². The molecule has 0 aromatic rings. The lowest BCUT2D eigenvalue weighted by molar-refractivity contribution is -0.192. The van der Waals surface area contributed by atoms with Crippen molar-refractivity contribution in [1.82, 2.24) is 37.2 Å². The number of carbonyl (C=O) groups is 12. The van der Waals surface area contributed by atoms with E-state index < -0.39 is 169 Å². The molecule has 0 saturated carbocycles. The van der Waals surface area contributed by atoms with Gasteiger partial charge in [0.05, 0.1) is 12.8 Å². The number of carboxylic acid groups (broad SMARTS) is 5. The molecule has 0 spiro atoms. The molecule has 0 saturated heterocycles. The molecule has 0 aliphatic heterocycles. The van der Waals surface area contributed by atoms with Gasteiger partial charge in [0, 0.05) is 13.3 Å². The summed E-state index contributed by atoms with van der Waals surface area (Å²) in [5, 5.41) is 61.3. The van der Waals surface area contributed by atoms with Crippen LogP contribution in [0.15, 0.2) is 0 Å². The Bertz CT molecular complexity index is 1760. The van der Waals surface area contributed by atoms with Crippen LogP contribution in [0.25, 0.3) is 0 Å². The molecule has 0 rings (SSSR count). The first-order chi connectivity index (χ1) is 30.2. The summed E-state index contributed by atoms with van der Waals surface area (Å²) < 4.78 is 31.7. The van der Waals surface area contributed by atoms with Crippen molar-refractivity contribution >= 4 is 71.2 Å². The van der Waals surface area contributed by atoms with Crippen LogP contribution in [-0.2, 0) is 57.5 Å². The summed E-state index contributed by atoms with van der Waals surface area (Å²) in [7, 11) is 0. The largest absolute Gasteiger partial charge is 0.490 e. The van der Waals surface area contributed by atoms with Crippen molar-refractivity contribution in [3.63, 3.8) is 0 Å². The summed E-state index contributed by atoms with van der Waals surface area (Å²) >= 11 is 0. The SMILES string of the molecule is CC[C@H](C)[C@H](NC(C)=O)C(=O)N[C@@H](CCC(=O)O)C(=O)N[C@H](C(=O)N[C@@H](CC(=O)O)C(=O)N[C@H](C(=O)N[C@@H](CC(=O)O)C(=O)N[C@H](C(=O)O)C(C)C)[C@@H](C)CC)C(C)C.O=C(O)C(F)(F)F. The smallest absolute Gasteiger partial charge is 0.481 e. The standard InChI is InChI=1S/C37H61N7O15.C2HF3O2/c1-10-18(7)29(38-20(9)45)35(56)39-21(12-13-24(46)47)31(52)42-27(16(3)4)34(55)40-23(15-26(50)51)33(54)44-30(19(8)11-2)36(57)41-22(14-25(48)49)32(53)43-28(17(5)6)37(58)59;3-2(4,5)1(6)7/h16-19,21-23,27-30H,10-15H2,1-9H3,(H,38,45)(H,39,56)(H,40,55)(H,41,57)(H,42,52)(H,43,53)(H,44,54)(H,46,47)(H,48,49)(H,50,51)(H,58,59);(H,6,7)/t18-,19-,21-,22-,23-,27-,28-,29-,30-;/m0./s1. The van der Waals surface area contributed by atoms with E-state index in [0.29, 0.717) is 6.42 Å². The number of halogens is 3. The minimum Gasteiger partial charge on any atom is -0.481 e. The molecule has 9 atom stereocenters. The van der Waals surface area contributed by atoms with Gasteiger partial charge in [0.2, 0.25) is 41.4 Å². The Morgan fingerprint density at radius 1 is 0.455 bits per heavy atom. The van der Waals surface area contributed by atoms with Gasteiger partial charge in [0.15, 0.2) is 0 Å². The average molecular weight is 958 g/mol. The molecular weight excluding hydrogens is 895 g/mol. The van der Waals surface area contributed by atoms with E-state index in [0.717, 1.165) is 0 Å². The van der Waals surface area contributed by atoms with Crippen LogP contribution in [0, 0.1) is 23.7 Å². The predicted octanol–water partition coefficient (Wildman–Crippen LogP) is -0.664. The highest BCUT2D eigenvalue weighted by Crippen LogP contribution is 2.14. The van der Waals surface area contributed by atoms with Crippen LogP contribution in [0.1, 0.15) is 101 Å². The maximum absolute atomic E-state index is 13.7. The second-order valence-electron chi connectivity index (χ2n) is 15.8. The van der Waals surface area contributed by atoms with Crippen molar-refractivity contribution in [2.24, 2.45) is 23.7 Å². The van der Waals surface area contributed by atoms with E-state index >= 15 is 0 Å². The Hall–Kier alpha value is -6.57. The van der Waals surface area contributed by atoms with Crippen LogP contribution in [0.2, 0.25) is 0 Å². The summed E-state index contributed by atoms with van der Waals surface area (Å²) in [5.74, 6) is -17.9. The van der Waals surface area contributed by atoms with Gasteiger partial charge in [0.25, 0.3) is 0 Å². The van der Waals surface area contributed by atoms with Crippen molar-refractivity contribution < 1.29 is 96.2 Å². The molecule has 66 heavy (non-hydrogen) atoms. The first-order valence-electron chi connectivity index (χ1n) is 20.5. The third-order valence-corrected chi connectivity index (χ3v) is 9.67. The van der Waals surface area contributed by atoms with Gasteiger partial charge in [-0.3, -0.25) is 47.9 Å². The number of aliphatic carboxylic acids is 5. The lowest BCUT2D eigenvalue weighted by Gasteiger charge is -2.30. The number of hydrogen-bond donors (Lipinski definition) is 12. The summed E-state index contributed by atoms with van der Waals surface area (Å²) in [4.78, 5) is 148. The third-order valence-electron chi connectivity index (χ3n) is 9.67. The van der Waals surface area contributed by atoms with E-state index in [1.54, 1.807) is 20.8 Å². The van der Waals surface area contributed by atoms with Gasteiger partial charge < -0.3 is 62.8 Å². The molecule has 0 bridgehead atoms. The summed E-state index contributed by atoms with van der Waals surface area (Å²) in [6.07, 6.45) is -7.44. The Kier molecular flexibility index (Phi) is 27.1. The number of nitrogens with one attached hydrogen (secondary N) is 7. The molecule has 7 amide bonds. The first kappa shape index (κ1) is 61.5. The first-order valence-corrected chi connectivity index (χ1v) is 20.5. The molecule has 376 valence electrons. The monoisotopic (exact) mass is 957 g/mol. The highest BCUT2D eigenvalue weighted by atomic mass is 19.4. The fourth-order valence-corrected chi connectivity index (χ4v) is 5.52. The van der Waals surface area contributed by atoms with Crippen LogP contribution >= 0.6 is 0 Å². The second-order valence-corrected chi connectivity index (χ2v) is 15.8. The number of alkyl halides is 3. The molecule has 0 aliphatic carbocycles. The Morgan fingerprint density at radius 3 is 1.08 bits per heavy atom. The minimum absolute atomic E-state index is 0.211. The summed E-state index contributed by atoms with van der Waals surface area (Å²) in [6, 6.07) is -10.8. The average Bonchev–Trinajstić information content (AvgIpc) is 3.18. The molecule has 0 aromatic heterocycles. The van der Waals surface area contributed by atoms with Gasteiger partial charge in [-0.1, -0.05) is 68.2 Å². The number of hydrogen-bond acceptors (Lipinski definition) is 12. The fraction of sp³-hybridized carbons (Fsp3) is 0.692. The molecule has 0 aliphatic rings. The van der Waals surface area contributed by atoms with Gasteiger partial charge in [-0.2, -0.15) is 13.2 Å². The Labute approximate surface area is 377 Å². The highest BCUT2D eigenvalue weighted by molar-refractivity contribution is 5.99. The van der Waals surface area contributed by atoms with E-state index in [1.165, 1.54) is 41.5 Å². The molecule has 24 nitrogen and oxygen atoms in total. The van der Waals surface area contributed by atoms with Crippen LogP contribution in [0.4, 0.5) is 13.2 Å². The van der Waals surface area contributed by atoms with Crippen molar-refractivity contribution in [3.8, 4) is 0 Å². The maximum atomic E-state index is 13.7. The van der Waals surface area contributed by atoms with E-state index in [4.69, 9.17) is 9.90 Å². The zero-order chi connectivity index (χ0) is 52.0. The highest BCUT2D eigenvalue weighted by Gasteiger charge is 2.39. The summed E-state index contributed by atoms with van der Waals surface area (Å²) in [6.45, 7) is 13.7. The van der Waals surface area contributed by atoms with Gasteiger partial charge >= 0.3 is 36.0 Å². The minimum atomic E-state index is -5.08. The zero-order valence-electron chi connectivity index (χ0n) is 37.9. The van der Waals surface area contributed by atoms with Gasteiger partial charge in [-0.25, -0.2) is 9.59 Å². The van der Waals surface area contributed by atoms with Crippen molar-refractivity contribution in [1.29, 1.82) is 0 Å². The summed E-state index contributed by atoms with van der Waals surface area (Å²) in [5.41, 5.74) is 0. The lowest BCUT2D eigenvalue weighted by atomic mass is 9.96. The normalized spacial score (nSPS) is 15.2. The van der Waals surface area contributed by atoms with Crippen LogP contribution in [0.3, 0.4) is 0 Å². The Morgan fingerprint density at radius 2 is 0.773 bits per heavy atom. The molecule has 0 unspecified atom stereocenters. The van der Waals surface area contributed by atoms with Gasteiger partial charge in [0.1, 0.15) is 42.3 Å². The molecule has 0 heterocycles. The van der Waals surface area contributed by atoms with Crippen LogP contribution in [-0.4, -0.2) is 145 Å². The lowest BCUT2D eigenvalue weighted by Crippen LogP contribution is -2.62. The molecule has 27 heteroatoms. The van der Waals surface area contributed by atoms with Gasteiger partial charge in [-0.15, -0.1) is 0 Å². The number of amides is 7. The predicted molar refractivity (Wildman–Crippen MR) is 220 cm³/mol. The quantitative estimate of drug-likeness (QED) is 0.0486. The van der Waals surface area contributed by atoms with Gasteiger partial charge in [-0.05, 0) is 30.1 Å². The third kappa shape index (κ3) is 23.4. The van der Waals surface area contributed by atoms with E-state index in [2.05, 4.69) is 37.2 Å². The molecule has 0 fully saturated rings. The van der Waals surface area contributed by atoms with E-state index in [9.17, 15) is 86.3 Å². The molecule has 0 aromatic carbocycles. The zero-order valence-corrected chi connectivity index (χ0v) is 37.9. The number of carbonyl (C=O) groups excluding carboxylic acids is 7. The molecule has 0 radical (unpaired) electrons. The topological polar surface area (TPSA) is 390 Å². The molecule has 12 N–H and O–H groups in total. The number of rotatable bonds is 27.